The number of aliphatic hydroxyl groups is 2. The Morgan fingerprint density at radius 3 is 3.08 bits per heavy atom. The van der Waals surface area contributed by atoms with Crippen LogP contribution in [0, 0.1) is 0 Å². The maximum absolute atomic E-state index is 11.0. The first kappa shape index (κ1) is 8.07. The zero-order valence-corrected chi connectivity index (χ0v) is 6.82. The predicted molar refractivity (Wildman–Crippen MR) is 45.6 cm³/mol. The van der Waals surface area contributed by atoms with Crippen LogP contribution in [0.4, 0.5) is 0 Å². The number of fused-ring (bicyclic) bond motifs is 1. The number of nitrogens with one attached hydrogen (secondary N) is 1. The lowest BCUT2D eigenvalue weighted by Crippen LogP contribution is -2.32. The summed E-state index contributed by atoms with van der Waals surface area (Å²) >= 11 is 0. The average Bonchev–Trinajstić information content (AvgIpc) is 2.12. The molecule has 1 atom stereocenters. The first-order valence-corrected chi connectivity index (χ1v) is 3.98. The molecular formula is C9H9NO3. The minimum absolute atomic E-state index is 0.00963. The molecule has 4 nitrogen and oxygen atoms in total. The van der Waals surface area contributed by atoms with Gasteiger partial charge in [0, 0.05) is 12.0 Å². The molecule has 1 aliphatic carbocycles. The van der Waals surface area contributed by atoms with E-state index in [0.29, 0.717) is 11.3 Å². The molecule has 1 unspecified atom stereocenters. The molecule has 0 spiro atoms. The molecule has 1 aliphatic heterocycles. The molecule has 13 heavy (non-hydrogen) atoms. The second-order valence-corrected chi connectivity index (χ2v) is 2.98. The Kier molecular flexibility index (Phi) is 1.70. The molecule has 2 aliphatic rings. The highest BCUT2D eigenvalue weighted by Crippen LogP contribution is 2.24. The van der Waals surface area contributed by atoms with Crippen LogP contribution >= 0.6 is 0 Å². The van der Waals surface area contributed by atoms with Crippen LogP contribution in [0.5, 0.6) is 0 Å². The average molecular weight is 179 g/mol. The molecule has 0 aromatic rings. The van der Waals surface area contributed by atoms with E-state index in [4.69, 9.17) is 0 Å². The summed E-state index contributed by atoms with van der Waals surface area (Å²) in [7, 11) is 0. The highest BCUT2D eigenvalue weighted by Gasteiger charge is 2.25. The molecule has 3 N–H and O–H groups in total. The van der Waals surface area contributed by atoms with Gasteiger partial charge in [-0.05, 0) is 12.2 Å². The van der Waals surface area contributed by atoms with Gasteiger partial charge in [0.15, 0.2) is 0 Å². The number of carbonyl (C=O) groups excluding carboxylic acids is 1. The van der Waals surface area contributed by atoms with E-state index in [0.717, 1.165) is 0 Å². The van der Waals surface area contributed by atoms with Crippen LogP contribution in [0.1, 0.15) is 6.42 Å². The molecule has 1 heterocycles. The minimum Gasteiger partial charge on any atom is -0.506 e. The van der Waals surface area contributed by atoms with E-state index in [1.165, 1.54) is 12.2 Å². The quantitative estimate of drug-likeness (QED) is 0.495. The zero-order valence-electron chi connectivity index (χ0n) is 6.82. The summed E-state index contributed by atoms with van der Waals surface area (Å²) in [5.41, 5.74) is 0.894. The number of hydrogen-bond acceptors (Lipinski definition) is 3. The van der Waals surface area contributed by atoms with Crippen LogP contribution in [0.2, 0.25) is 0 Å². The number of amides is 1. The van der Waals surface area contributed by atoms with Crippen LogP contribution < -0.4 is 5.32 Å². The second-order valence-electron chi connectivity index (χ2n) is 2.98. The van der Waals surface area contributed by atoms with Crippen LogP contribution in [0.3, 0.4) is 0 Å². The van der Waals surface area contributed by atoms with Gasteiger partial charge in [-0.2, -0.15) is 0 Å². The third kappa shape index (κ3) is 1.25. The normalized spacial score (nSPS) is 26.7. The summed E-state index contributed by atoms with van der Waals surface area (Å²) in [6.07, 6.45) is 3.99. The van der Waals surface area contributed by atoms with E-state index in [2.05, 4.69) is 5.32 Å². The summed E-state index contributed by atoms with van der Waals surface area (Å²) in [5.74, 6) is -0.183. The smallest absolute Gasteiger partial charge is 0.228 e. The van der Waals surface area contributed by atoms with Gasteiger partial charge < -0.3 is 15.5 Å². The van der Waals surface area contributed by atoms with Crippen molar-refractivity contribution in [2.45, 2.75) is 12.5 Å². The van der Waals surface area contributed by atoms with Gasteiger partial charge in [0.2, 0.25) is 5.91 Å². The molecule has 0 bridgehead atoms. The van der Waals surface area contributed by atoms with Gasteiger partial charge in [-0.25, -0.2) is 0 Å². The number of rotatable bonds is 0. The van der Waals surface area contributed by atoms with Crippen molar-refractivity contribution in [3.63, 3.8) is 0 Å². The molecule has 2 rings (SSSR count). The lowest BCUT2D eigenvalue weighted by molar-refractivity contribution is -0.119. The van der Waals surface area contributed by atoms with E-state index >= 15 is 0 Å². The van der Waals surface area contributed by atoms with Crippen molar-refractivity contribution in [2.75, 3.05) is 0 Å². The fraction of sp³-hybridized carbons (Fsp3) is 0.222. The van der Waals surface area contributed by atoms with Crippen molar-refractivity contribution in [3.05, 3.63) is 35.3 Å². The topological polar surface area (TPSA) is 69.6 Å². The Bertz CT molecular complexity index is 352. The van der Waals surface area contributed by atoms with Crippen molar-refractivity contribution in [1.82, 2.24) is 5.32 Å². The van der Waals surface area contributed by atoms with Gasteiger partial charge in [-0.15, -0.1) is 0 Å². The van der Waals surface area contributed by atoms with Crippen molar-refractivity contribution >= 4 is 5.91 Å². The SMILES string of the molecule is O=C1CC=C2C(=C(O)C=CC2O)N1. The monoisotopic (exact) mass is 179 g/mol. The van der Waals surface area contributed by atoms with Gasteiger partial charge in [0.05, 0.1) is 11.8 Å². The fourth-order valence-electron chi connectivity index (χ4n) is 1.42. The summed E-state index contributed by atoms with van der Waals surface area (Å²) < 4.78 is 0. The maximum Gasteiger partial charge on any atom is 0.228 e. The molecule has 68 valence electrons. The third-order valence-electron chi connectivity index (χ3n) is 2.07. The molecule has 0 radical (unpaired) electrons. The molecule has 1 amide bonds. The predicted octanol–water partition coefficient (Wildman–Crippen LogP) is 0.133. The lowest BCUT2D eigenvalue weighted by Gasteiger charge is -2.23. The number of aliphatic hydroxyl groups excluding tert-OH is 2. The van der Waals surface area contributed by atoms with Crippen LogP contribution in [0.15, 0.2) is 35.3 Å². The Morgan fingerprint density at radius 1 is 1.54 bits per heavy atom. The lowest BCUT2D eigenvalue weighted by atomic mass is 9.96. The first-order chi connectivity index (χ1) is 6.18. The van der Waals surface area contributed by atoms with Gasteiger partial charge in [-0.3, -0.25) is 4.79 Å². The molecule has 0 saturated carbocycles. The highest BCUT2D eigenvalue weighted by molar-refractivity contribution is 5.83. The van der Waals surface area contributed by atoms with Crippen molar-refractivity contribution < 1.29 is 15.0 Å². The fourth-order valence-corrected chi connectivity index (χ4v) is 1.42. The number of allylic oxidation sites excluding steroid dienone is 1. The van der Waals surface area contributed by atoms with Crippen LogP contribution in [-0.2, 0) is 4.79 Å². The highest BCUT2D eigenvalue weighted by atomic mass is 16.3. The minimum atomic E-state index is -0.730. The molecule has 4 heteroatoms. The Hall–Kier alpha value is -1.55. The van der Waals surface area contributed by atoms with E-state index in [-0.39, 0.29) is 18.1 Å². The van der Waals surface area contributed by atoms with Crippen molar-refractivity contribution in [3.8, 4) is 0 Å². The Labute approximate surface area is 74.9 Å². The standard InChI is InChI=1S/C9H9NO3/c11-6-2-3-7(12)9-5(6)1-4-8(13)10-9/h1-3,6,11-12H,4H2,(H,10,13). The van der Waals surface area contributed by atoms with Gasteiger partial charge >= 0.3 is 0 Å². The summed E-state index contributed by atoms with van der Waals surface area (Å²) in [6, 6.07) is 0. The largest absolute Gasteiger partial charge is 0.506 e. The molecule has 0 aromatic heterocycles. The van der Waals surface area contributed by atoms with Gasteiger partial charge in [0.25, 0.3) is 0 Å². The van der Waals surface area contributed by atoms with Crippen LogP contribution in [-0.4, -0.2) is 22.2 Å². The molecular weight excluding hydrogens is 170 g/mol. The first-order valence-electron chi connectivity index (χ1n) is 3.98. The number of hydrogen-bond donors (Lipinski definition) is 3. The second kappa shape index (κ2) is 2.74. The van der Waals surface area contributed by atoms with Gasteiger partial charge in [-0.1, -0.05) is 6.08 Å². The van der Waals surface area contributed by atoms with Crippen molar-refractivity contribution in [1.29, 1.82) is 0 Å². The van der Waals surface area contributed by atoms with E-state index in [1.807, 2.05) is 0 Å². The summed E-state index contributed by atoms with van der Waals surface area (Å²) in [4.78, 5) is 11.0. The summed E-state index contributed by atoms with van der Waals surface area (Å²) in [5, 5.41) is 21.3. The number of carbonyl (C=O) groups is 1. The van der Waals surface area contributed by atoms with Crippen molar-refractivity contribution in [2.24, 2.45) is 0 Å². The van der Waals surface area contributed by atoms with Gasteiger partial charge in [0.1, 0.15) is 5.76 Å². The maximum atomic E-state index is 11.0. The third-order valence-corrected chi connectivity index (χ3v) is 2.07. The summed E-state index contributed by atoms with van der Waals surface area (Å²) in [6.45, 7) is 0. The molecule has 0 fully saturated rings. The van der Waals surface area contributed by atoms with E-state index < -0.39 is 6.10 Å². The molecule has 0 saturated heterocycles. The van der Waals surface area contributed by atoms with Crippen LogP contribution in [0.25, 0.3) is 0 Å². The van der Waals surface area contributed by atoms with E-state index in [1.54, 1.807) is 6.08 Å². The zero-order chi connectivity index (χ0) is 9.42. The molecule has 0 aromatic carbocycles. The van der Waals surface area contributed by atoms with E-state index in [9.17, 15) is 15.0 Å². The Morgan fingerprint density at radius 2 is 2.31 bits per heavy atom. The Balaban J connectivity index is 2.47.